The average Bonchev–Trinajstić information content (AvgIpc) is 3.03. The van der Waals surface area contributed by atoms with Gasteiger partial charge in [-0.05, 0) is 18.2 Å². The fourth-order valence-electron chi connectivity index (χ4n) is 1.93. The molecule has 2 aromatic carbocycles. The fraction of sp³-hybridized carbons (Fsp3) is 0.118. The lowest BCUT2D eigenvalue weighted by molar-refractivity contribution is 0.413. The molecule has 0 saturated heterocycles. The van der Waals surface area contributed by atoms with Gasteiger partial charge < -0.3 is 4.74 Å². The summed E-state index contributed by atoms with van der Waals surface area (Å²) in [5.74, 6) is 1.83. The Morgan fingerprint density at radius 3 is 2.76 bits per heavy atom. The number of benzene rings is 2. The quantitative estimate of drug-likeness (QED) is 0.611. The van der Waals surface area contributed by atoms with Crippen LogP contribution in [-0.4, -0.2) is 12.1 Å². The molecule has 0 unspecified atom stereocenters. The largest absolute Gasteiger partial charge is 0.497 e. The molecular weight excluding hydrogens is 298 g/mol. The second-order valence-corrected chi connectivity index (χ2v) is 6.63. The van der Waals surface area contributed by atoms with Crippen LogP contribution in [0.4, 0.5) is 0 Å². The van der Waals surface area contributed by atoms with Gasteiger partial charge in [-0.3, -0.25) is 0 Å². The Balaban J connectivity index is 1.67. The van der Waals surface area contributed by atoms with E-state index >= 15 is 0 Å². The van der Waals surface area contributed by atoms with Crippen molar-refractivity contribution in [3.05, 3.63) is 65.7 Å². The van der Waals surface area contributed by atoms with Crippen LogP contribution in [-0.2, 0) is 5.75 Å². The molecule has 4 heteroatoms. The lowest BCUT2D eigenvalue weighted by Crippen LogP contribution is -1.82. The van der Waals surface area contributed by atoms with E-state index in [1.165, 1.54) is 15.3 Å². The van der Waals surface area contributed by atoms with E-state index in [1.54, 1.807) is 30.2 Å². The molecular formula is C17H15NOS2. The van der Waals surface area contributed by atoms with E-state index in [1.807, 2.05) is 36.5 Å². The van der Waals surface area contributed by atoms with Crippen molar-refractivity contribution in [3.63, 3.8) is 0 Å². The van der Waals surface area contributed by atoms with Gasteiger partial charge in [0.25, 0.3) is 0 Å². The molecule has 0 fully saturated rings. The molecule has 3 rings (SSSR count). The highest BCUT2D eigenvalue weighted by molar-refractivity contribution is 7.98. The number of methoxy groups -OCH3 is 1. The minimum atomic E-state index is 0.897. The summed E-state index contributed by atoms with van der Waals surface area (Å²) < 4.78 is 5.25. The highest BCUT2D eigenvalue weighted by Gasteiger charge is 2.05. The van der Waals surface area contributed by atoms with Crippen LogP contribution in [0.3, 0.4) is 0 Å². The molecule has 0 bridgehead atoms. The van der Waals surface area contributed by atoms with Crippen LogP contribution in [0.1, 0.15) is 4.88 Å². The van der Waals surface area contributed by atoms with Gasteiger partial charge in [-0.25, -0.2) is 4.98 Å². The normalized spacial score (nSPS) is 10.5. The standard InChI is InChI=1S/C17H15NOS2/c1-19-14-8-5-9-15(10-14)20-12-16-11-18-17(21-16)13-6-3-2-4-7-13/h2-11H,12H2,1H3. The predicted molar refractivity (Wildman–Crippen MR) is 90.1 cm³/mol. The molecule has 0 amide bonds. The molecule has 0 spiro atoms. The van der Waals surface area contributed by atoms with Crippen LogP contribution in [0.25, 0.3) is 10.6 Å². The van der Waals surface area contributed by atoms with Crippen molar-refractivity contribution >= 4 is 23.1 Å². The van der Waals surface area contributed by atoms with Crippen molar-refractivity contribution in [1.82, 2.24) is 4.98 Å². The van der Waals surface area contributed by atoms with Gasteiger partial charge >= 0.3 is 0 Å². The maximum absolute atomic E-state index is 5.25. The third-order valence-electron chi connectivity index (χ3n) is 3.00. The van der Waals surface area contributed by atoms with E-state index < -0.39 is 0 Å². The number of hydrogen-bond acceptors (Lipinski definition) is 4. The molecule has 0 radical (unpaired) electrons. The van der Waals surface area contributed by atoms with Gasteiger partial charge in [0.2, 0.25) is 0 Å². The van der Waals surface area contributed by atoms with E-state index in [9.17, 15) is 0 Å². The van der Waals surface area contributed by atoms with Crippen LogP contribution in [0.2, 0.25) is 0 Å². The van der Waals surface area contributed by atoms with E-state index in [4.69, 9.17) is 4.74 Å². The summed E-state index contributed by atoms with van der Waals surface area (Å²) in [6.07, 6.45) is 1.97. The number of thiazole rings is 1. The molecule has 0 saturated carbocycles. The van der Waals surface area contributed by atoms with Crippen molar-refractivity contribution in [2.75, 3.05) is 7.11 Å². The number of ether oxygens (including phenoxy) is 1. The molecule has 0 atom stereocenters. The molecule has 3 aromatic rings. The predicted octanol–water partition coefficient (Wildman–Crippen LogP) is 5.11. The zero-order valence-electron chi connectivity index (χ0n) is 11.7. The molecule has 0 N–H and O–H groups in total. The summed E-state index contributed by atoms with van der Waals surface area (Å²) in [5, 5.41) is 1.08. The van der Waals surface area contributed by atoms with Crippen LogP contribution < -0.4 is 4.74 Å². The van der Waals surface area contributed by atoms with Gasteiger partial charge in [0, 0.05) is 27.3 Å². The summed E-state index contributed by atoms with van der Waals surface area (Å²) in [4.78, 5) is 7.00. The lowest BCUT2D eigenvalue weighted by atomic mass is 10.2. The van der Waals surface area contributed by atoms with E-state index in [0.29, 0.717) is 0 Å². The maximum Gasteiger partial charge on any atom is 0.123 e. The third-order valence-corrected chi connectivity index (χ3v) is 5.27. The smallest absolute Gasteiger partial charge is 0.123 e. The molecule has 0 aliphatic rings. The van der Waals surface area contributed by atoms with Crippen molar-refractivity contribution < 1.29 is 4.74 Å². The SMILES string of the molecule is COc1cccc(SCc2cnc(-c3ccccc3)s2)c1. The van der Waals surface area contributed by atoms with E-state index in [-0.39, 0.29) is 0 Å². The van der Waals surface area contributed by atoms with Crippen LogP contribution in [0.5, 0.6) is 5.75 Å². The molecule has 0 aliphatic carbocycles. The third kappa shape index (κ3) is 3.65. The molecule has 0 aliphatic heterocycles. The summed E-state index contributed by atoms with van der Waals surface area (Å²) >= 11 is 3.55. The first-order valence-electron chi connectivity index (χ1n) is 6.62. The Morgan fingerprint density at radius 2 is 1.95 bits per heavy atom. The Labute approximate surface area is 132 Å². The Kier molecular flexibility index (Phi) is 4.58. The first-order valence-corrected chi connectivity index (χ1v) is 8.42. The first kappa shape index (κ1) is 14.2. The second-order valence-electron chi connectivity index (χ2n) is 4.47. The zero-order valence-corrected chi connectivity index (χ0v) is 13.3. The van der Waals surface area contributed by atoms with Crippen molar-refractivity contribution in [1.29, 1.82) is 0 Å². The Bertz CT molecular complexity index is 710. The summed E-state index contributed by atoms with van der Waals surface area (Å²) in [7, 11) is 1.69. The minimum Gasteiger partial charge on any atom is -0.497 e. The molecule has 1 heterocycles. The van der Waals surface area contributed by atoms with Gasteiger partial charge in [0.15, 0.2) is 0 Å². The Morgan fingerprint density at radius 1 is 1.10 bits per heavy atom. The number of nitrogens with zero attached hydrogens (tertiary/aromatic N) is 1. The highest BCUT2D eigenvalue weighted by atomic mass is 32.2. The van der Waals surface area contributed by atoms with Crippen molar-refractivity contribution in [2.45, 2.75) is 10.6 Å². The molecule has 106 valence electrons. The van der Waals surface area contributed by atoms with Crippen LogP contribution >= 0.6 is 23.1 Å². The second kappa shape index (κ2) is 6.78. The molecule has 21 heavy (non-hydrogen) atoms. The maximum atomic E-state index is 5.25. The summed E-state index contributed by atoms with van der Waals surface area (Å²) in [5.41, 5.74) is 1.18. The molecule has 1 aromatic heterocycles. The summed E-state index contributed by atoms with van der Waals surface area (Å²) in [6, 6.07) is 18.4. The number of rotatable bonds is 5. The first-order chi connectivity index (χ1) is 10.3. The number of thioether (sulfide) groups is 1. The molecule has 2 nitrogen and oxygen atoms in total. The van der Waals surface area contributed by atoms with Crippen LogP contribution in [0, 0.1) is 0 Å². The van der Waals surface area contributed by atoms with Gasteiger partial charge in [0.1, 0.15) is 10.8 Å². The fourth-order valence-corrected chi connectivity index (χ4v) is 3.82. The van der Waals surface area contributed by atoms with Gasteiger partial charge in [-0.1, -0.05) is 36.4 Å². The number of aromatic nitrogens is 1. The topological polar surface area (TPSA) is 22.1 Å². The zero-order chi connectivity index (χ0) is 14.5. The van der Waals surface area contributed by atoms with Gasteiger partial charge in [0.05, 0.1) is 7.11 Å². The van der Waals surface area contributed by atoms with Crippen molar-refractivity contribution in [2.24, 2.45) is 0 Å². The Hall–Kier alpha value is -1.78. The van der Waals surface area contributed by atoms with Crippen molar-refractivity contribution in [3.8, 4) is 16.3 Å². The average molecular weight is 313 g/mol. The van der Waals surface area contributed by atoms with E-state index in [0.717, 1.165) is 16.5 Å². The minimum absolute atomic E-state index is 0.897. The highest BCUT2D eigenvalue weighted by Crippen LogP contribution is 2.31. The van der Waals surface area contributed by atoms with Gasteiger partial charge in [-0.15, -0.1) is 23.1 Å². The van der Waals surface area contributed by atoms with E-state index in [2.05, 4.69) is 29.2 Å². The monoisotopic (exact) mass is 313 g/mol. The van der Waals surface area contributed by atoms with Crippen LogP contribution in [0.15, 0.2) is 65.7 Å². The van der Waals surface area contributed by atoms with Gasteiger partial charge in [-0.2, -0.15) is 0 Å². The lowest BCUT2D eigenvalue weighted by Gasteiger charge is -2.02. The summed E-state index contributed by atoms with van der Waals surface area (Å²) in [6.45, 7) is 0. The number of hydrogen-bond donors (Lipinski definition) is 0.